The van der Waals surface area contributed by atoms with Crippen LogP contribution in [0.4, 0.5) is 11.5 Å². The molecule has 2 heterocycles. The van der Waals surface area contributed by atoms with Gasteiger partial charge in [-0.1, -0.05) is 13.0 Å². The van der Waals surface area contributed by atoms with Crippen LogP contribution in [0.15, 0.2) is 35.8 Å². The maximum absolute atomic E-state index is 11.8. The van der Waals surface area contributed by atoms with Gasteiger partial charge in [-0.05, 0) is 23.9 Å². The molecule has 2 rings (SSSR count). The zero-order valence-corrected chi connectivity index (χ0v) is 13.4. The molecule has 0 saturated carbocycles. The Morgan fingerprint density at radius 2 is 2.30 bits per heavy atom. The normalized spacial score (nSPS) is 11.7. The van der Waals surface area contributed by atoms with E-state index in [1.54, 1.807) is 0 Å². The zero-order valence-electron chi connectivity index (χ0n) is 12.6. The minimum absolute atomic E-state index is 0.0639. The molecule has 1 N–H and O–H groups in total. The first-order chi connectivity index (χ1) is 11.1. The highest BCUT2D eigenvalue weighted by Crippen LogP contribution is 2.14. The average Bonchev–Trinajstić information content (AvgIpc) is 3.04. The van der Waals surface area contributed by atoms with Crippen molar-refractivity contribution >= 4 is 28.8 Å². The fourth-order valence-corrected chi connectivity index (χ4v) is 2.54. The van der Waals surface area contributed by atoms with Gasteiger partial charge in [-0.15, -0.1) is 11.3 Å². The van der Waals surface area contributed by atoms with Gasteiger partial charge in [0.1, 0.15) is 18.6 Å². The van der Waals surface area contributed by atoms with Crippen molar-refractivity contribution in [1.82, 2.24) is 4.98 Å². The van der Waals surface area contributed by atoms with Crippen LogP contribution in [0.3, 0.4) is 0 Å². The van der Waals surface area contributed by atoms with E-state index in [-0.39, 0.29) is 30.7 Å². The van der Waals surface area contributed by atoms with Crippen molar-refractivity contribution in [2.75, 3.05) is 11.9 Å². The van der Waals surface area contributed by atoms with Crippen LogP contribution in [-0.2, 0) is 16.0 Å². The van der Waals surface area contributed by atoms with E-state index in [1.807, 2.05) is 24.4 Å². The summed E-state index contributed by atoms with van der Waals surface area (Å²) in [7, 11) is 0. The standard InChI is InChI=1S/C15H17N3O4S/c1-2-11(10-22-15(19)8-13-4-3-7-23-13)17-14-6-5-12(9-16-14)18(20)21/h3-7,9,11H,2,8,10H2,1H3,(H,16,17). The van der Waals surface area contributed by atoms with Crippen LogP contribution in [-0.4, -0.2) is 28.5 Å². The smallest absolute Gasteiger partial charge is 0.311 e. The average molecular weight is 335 g/mol. The summed E-state index contributed by atoms with van der Waals surface area (Å²) >= 11 is 1.52. The lowest BCUT2D eigenvalue weighted by atomic mass is 10.2. The Bertz CT molecular complexity index is 643. The fraction of sp³-hybridized carbons (Fsp3) is 0.333. The van der Waals surface area contributed by atoms with Crippen molar-refractivity contribution < 1.29 is 14.5 Å². The number of hydrogen-bond acceptors (Lipinski definition) is 7. The van der Waals surface area contributed by atoms with Gasteiger partial charge in [-0.2, -0.15) is 0 Å². The van der Waals surface area contributed by atoms with Crippen LogP contribution in [0.2, 0.25) is 0 Å². The molecule has 0 radical (unpaired) electrons. The maximum Gasteiger partial charge on any atom is 0.311 e. The molecule has 0 aliphatic carbocycles. The van der Waals surface area contributed by atoms with E-state index in [0.29, 0.717) is 5.82 Å². The summed E-state index contributed by atoms with van der Waals surface area (Å²) in [6.07, 6.45) is 2.19. The number of hydrogen-bond donors (Lipinski definition) is 1. The summed E-state index contributed by atoms with van der Waals surface area (Å²) in [6, 6.07) is 6.60. The number of thiophene rings is 1. The first-order valence-electron chi connectivity index (χ1n) is 7.13. The number of nitro groups is 1. The molecule has 0 aromatic carbocycles. The molecule has 0 aliphatic rings. The molecule has 0 amide bonds. The maximum atomic E-state index is 11.8. The molecule has 0 bridgehead atoms. The van der Waals surface area contributed by atoms with Gasteiger partial charge < -0.3 is 10.1 Å². The SMILES string of the molecule is CCC(COC(=O)Cc1cccs1)Nc1ccc([N+](=O)[O-])cn1. The van der Waals surface area contributed by atoms with Crippen molar-refractivity contribution in [3.05, 3.63) is 50.8 Å². The van der Waals surface area contributed by atoms with Gasteiger partial charge in [-0.3, -0.25) is 14.9 Å². The number of pyridine rings is 1. The molecule has 0 saturated heterocycles. The van der Waals surface area contributed by atoms with Crippen molar-refractivity contribution in [2.24, 2.45) is 0 Å². The summed E-state index contributed by atoms with van der Waals surface area (Å²) in [4.78, 5) is 26.8. The van der Waals surface area contributed by atoms with E-state index >= 15 is 0 Å². The van der Waals surface area contributed by atoms with Crippen LogP contribution >= 0.6 is 11.3 Å². The summed E-state index contributed by atoms with van der Waals surface area (Å²) in [6.45, 7) is 2.18. The molecule has 23 heavy (non-hydrogen) atoms. The topological polar surface area (TPSA) is 94.4 Å². The van der Waals surface area contributed by atoms with Crippen LogP contribution in [0.1, 0.15) is 18.2 Å². The summed E-state index contributed by atoms with van der Waals surface area (Å²) in [5.74, 6) is 0.237. The highest BCUT2D eigenvalue weighted by molar-refractivity contribution is 7.10. The largest absolute Gasteiger partial charge is 0.463 e. The lowest BCUT2D eigenvalue weighted by Gasteiger charge is -2.17. The number of carbonyl (C=O) groups is 1. The molecule has 0 spiro atoms. The number of esters is 1. The Morgan fingerprint density at radius 3 is 2.87 bits per heavy atom. The first-order valence-corrected chi connectivity index (χ1v) is 8.01. The van der Waals surface area contributed by atoms with Crippen LogP contribution in [0.5, 0.6) is 0 Å². The third kappa shape index (κ3) is 5.33. The first kappa shape index (κ1) is 16.9. The highest BCUT2D eigenvalue weighted by atomic mass is 32.1. The Hall–Kier alpha value is -2.48. The second-order valence-electron chi connectivity index (χ2n) is 4.85. The van der Waals surface area contributed by atoms with Gasteiger partial charge in [0.2, 0.25) is 0 Å². The number of carbonyl (C=O) groups excluding carboxylic acids is 1. The molecule has 2 aromatic rings. The summed E-state index contributed by atoms with van der Waals surface area (Å²) < 4.78 is 5.27. The highest BCUT2D eigenvalue weighted by Gasteiger charge is 2.13. The molecule has 0 fully saturated rings. The van der Waals surface area contributed by atoms with Crippen LogP contribution in [0, 0.1) is 10.1 Å². The number of anilines is 1. The summed E-state index contributed by atoms with van der Waals surface area (Å²) in [5, 5.41) is 15.6. The van der Waals surface area contributed by atoms with Gasteiger partial charge in [-0.25, -0.2) is 4.98 Å². The van der Waals surface area contributed by atoms with Gasteiger partial charge in [0.25, 0.3) is 5.69 Å². The minimum atomic E-state index is -0.500. The molecule has 1 unspecified atom stereocenters. The Kier molecular flexibility index (Phi) is 6.04. The van der Waals surface area contributed by atoms with E-state index < -0.39 is 4.92 Å². The second kappa shape index (κ2) is 8.23. The number of ether oxygens (including phenoxy) is 1. The van der Waals surface area contributed by atoms with E-state index in [1.165, 1.54) is 29.7 Å². The predicted molar refractivity (Wildman–Crippen MR) is 87.6 cm³/mol. The Balaban J connectivity index is 1.82. The zero-order chi connectivity index (χ0) is 16.7. The minimum Gasteiger partial charge on any atom is -0.463 e. The van der Waals surface area contributed by atoms with Crippen molar-refractivity contribution in [2.45, 2.75) is 25.8 Å². The molecule has 0 aliphatic heterocycles. The monoisotopic (exact) mass is 335 g/mol. The van der Waals surface area contributed by atoms with Crippen LogP contribution in [0.25, 0.3) is 0 Å². The van der Waals surface area contributed by atoms with Crippen molar-refractivity contribution in [3.8, 4) is 0 Å². The third-order valence-corrected chi connectivity index (χ3v) is 4.02. The lowest BCUT2D eigenvalue weighted by Crippen LogP contribution is -2.27. The van der Waals surface area contributed by atoms with Gasteiger partial charge in [0.15, 0.2) is 0 Å². The van der Waals surface area contributed by atoms with E-state index in [9.17, 15) is 14.9 Å². The molecular weight excluding hydrogens is 318 g/mol. The second-order valence-corrected chi connectivity index (χ2v) is 5.88. The van der Waals surface area contributed by atoms with Crippen molar-refractivity contribution in [3.63, 3.8) is 0 Å². The number of rotatable bonds is 8. The van der Waals surface area contributed by atoms with E-state index in [0.717, 1.165) is 11.3 Å². The Labute approximate surface area is 137 Å². The van der Waals surface area contributed by atoms with Gasteiger partial charge in [0.05, 0.1) is 17.4 Å². The van der Waals surface area contributed by atoms with Gasteiger partial charge in [0, 0.05) is 10.9 Å². The molecule has 2 aromatic heterocycles. The molecular formula is C15H17N3O4S. The molecule has 1 atom stereocenters. The molecule has 8 heteroatoms. The van der Waals surface area contributed by atoms with E-state index in [2.05, 4.69) is 10.3 Å². The summed E-state index contributed by atoms with van der Waals surface area (Å²) in [5.41, 5.74) is -0.0639. The number of aromatic nitrogens is 1. The fourth-order valence-electron chi connectivity index (χ4n) is 1.85. The Morgan fingerprint density at radius 1 is 1.48 bits per heavy atom. The van der Waals surface area contributed by atoms with Gasteiger partial charge >= 0.3 is 5.97 Å². The quantitative estimate of drug-likeness (QED) is 0.453. The molecule has 7 nitrogen and oxygen atoms in total. The predicted octanol–water partition coefficient (Wildman–Crippen LogP) is 3.03. The van der Waals surface area contributed by atoms with E-state index in [4.69, 9.17) is 4.74 Å². The molecule has 122 valence electrons. The third-order valence-electron chi connectivity index (χ3n) is 3.15. The number of nitrogens with zero attached hydrogens (tertiary/aromatic N) is 2. The van der Waals surface area contributed by atoms with Crippen LogP contribution < -0.4 is 5.32 Å². The lowest BCUT2D eigenvalue weighted by molar-refractivity contribution is -0.385. The van der Waals surface area contributed by atoms with Crippen molar-refractivity contribution in [1.29, 1.82) is 0 Å². The number of nitrogens with one attached hydrogen (secondary N) is 1.